The van der Waals surface area contributed by atoms with Crippen LogP contribution in [-0.4, -0.2) is 4.98 Å². The third-order valence-electron chi connectivity index (χ3n) is 4.79. The molecule has 1 nitrogen and oxygen atoms in total. The van der Waals surface area contributed by atoms with Crippen molar-refractivity contribution >= 4 is 5.57 Å². The van der Waals surface area contributed by atoms with Gasteiger partial charge in [-0.3, -0.25) is 4.98 Å². The monoisotopic (exact) mass is 311 g/mol. The summed E-state index contributed by atoms with van der Waals surface area (Å²) in [5, 5.41) is 0. The van der Waals surface area contributed by atoms with Gasteiger partial charge < -0.3 is 0 Å². The minimum atomic E-state index is 0.446. The van der Waals surface area contributed by atoms with Gasteiger partial charge in [0, 0.05) is 24.2 Å². The number of rotatable bonds is 5. The summed E-state index contributed by atoms with van der Waals surface area (Å²) in [4.78, 5) is 4.50. The first-order valence-electron chi connectivity index (χ1n) is 8.64. The summed E-state index contributed by atoms with van der Waals surface area (Å²) >= 11 is 0. The van der Waals surface area contributed by atoms with E-state index in [0.29, 0.717) is 5.92 Å². The highest BCUT2D eigenvalue weighted by molar-refractivity contribution is 5.75. The van der Waals surface area contributed by atoms with Gasteiger partial charge in [-0.1, -0.05) is 66.7 Å². The highest BCUT2D eigenvalue weighted by Gasteiger charge is 2.23. The molecule has 0 amide bonds. The molecule has 3 aromatic rings. The van der Waals surface area contributed by atoms with E-state index in [0.717, 1.165) is 25.0 Å². The lowest BCUT2D eigenvalue weighted by atomic mass is 9.95. The zero-order valence-corrected chi connectivity index (χ0v) is 13.7. The van der Waals surface area contributed by atoms with Crippen LogP contribution in [0.5, 0.6) is 0 Å². The molecule has 0 radical (unpaired) electrons. The van der Waals surface area contributed by atoms with Gasteiger partial charge >= 0.3 is 0 Å². The van der Waals surface area contributed by atoms with E-state index in [2.05, 4.69) is 77.8 Å². The highest BCUT2D eigenvalue weighted by Crippen LogP contribution is 2.39. The van der Waals surface area contributed by atoms with Crippen LogP contribution in [0.2, 0.25) is 0 Å². The Morgan fingerprint density at radius 3 is 2.38 bits per heavy atom. The molecule has 0 N–H and O–H groups in total. The van der Waals surface area contributed by atoms with Gasteiger partial charge in [-0.05, 0) is 47.2 Å². The van der Waals surface area contributed by atoms with E-state index in [4.69, 9.17) is 0 Å². The van der Waals surface area contributed by atoms with Gasteiger partial charge in [-0.2, -0.15) is 0 Å². The first kappa shape index (κ1) is 14.9. The summed E-state index contributed by atoms with van der Waals surface area (Å²) in [5.41, 5.74) is 6.93. The molecule has 0 fully saturated rings. The number of aromatic nitrogens is 1. The van der Waals surface area contributed by atoms with Crippen molar-refractivity contribution in [3.05, 3.63) is 107 Å². The Kier molecular flexibility index (Phi) is 4.24. The highest BCUT2D eigenvalue weighted by atomic mass is 14.7. The summed E-state index contributed by atoms with van der Waals surface area (Å²) in [5.74, 6) is 0.446. The van der Waals surface area contributed by atoms with Crippen LogP contribution < -0.4 is 0 Å². The SMILES string of the molecule is C1=C(CCc2ccccc2)c2ccccc2C1Cc1ccccn1. The molecular formula is C23H21N. The van der Waals surface area contributed by atoms with E-state index in [9.17, 15) is 0 Å². The lowest BCUT2D eigenvalue weighted by Gasteiger charge is -2.10. The summed E-state index contributed by atoms with van der Waals surface area (Å²) in [6, 6.07) is 25.8. The molecule has 2 aromatic carbocycles. The van der Waals surface area contributed by atoms with Gasteiger partial charge in [0.1, 0.15) is 0 Å². The molecule has 0 saturated carbocycles. The van der Waals surface area contributed by atoms with Crippen LogP contribution in [0.25, 0.3) is 5.57 Å². The van der Waals surface area contributed by atoms with Crippen LogP contribution in [0, 0.1) is 0 Å². The van der Waals surface area contributed by atoms with Crippen molar-refractivity contribution in [2.24, 2.45) is 0 Å². The summed E-state index contributed by atoms with van der Waals surface area (Å²) < 4.78 is 0. The number of aryl methyl sites for hydroxylation is 1. The topological polar surface area (TPSA) is 12.9 Å². The molecule has 1 unspecified atom stereocenters. The standard InChI is InChI=1S/C23H21N/c1-2-8-18(9-3-1)13-14-19-16-20(17-21-10-6-7-15-24-21)23-12-5-4-11-22(19)23/h1-12,15-16,20H,13-14,17H2. The molecule has 1 heterocycles. The normalized spacial score (nSPS) is 15.8. The van der Waals surface area contributed by atoms with Crippen molar-refractivity contribution in [2.75, 3.05) is 0 Å². The van der Waals surface area contributed by atoms with Gasteiger partial charge in [0.15, 0.2) is 0 Å². The number of hydrogen-bond acceptors (Lipinski definition) is 1. The second kappa shape index (κ2) is 6.84. The van der Waals surface area contributed by atoms with Crippen molar-refractivity contribution in [2.45, 2.75) is 25.2 Å². The Morgan fingerprint density at radius 2 is 1.54 bits per heavy atom. The number of hydrogen-bond donors (Lipinski definition) is 0. The van der Waals surface area contributed by atoms with E-state index in [1.165, 1.54) is 22.3 Å². The van der Waals surface area contributed by atoms with Crippen molar-refractivity contribution in [3.63, 3.8) is 0 Å². The second-order valence-electron chi connectivity index (χ2n) is 6.40. The quantitative estimate of drug-likeness (QED) is 0.611. The summed E-state index contributed by atoms with van der Waals surface area (Å²) in [6.07, 6.45) is 7.52. The molecule has 0 saturated heterocycles. The molecule has 118 valence electrons. The molecule has 1 heteroatoms. The van der Waals surface area contributed by atoms with Crippen molar-refractivity contribution in [1.82, 2.24) is 4.98 Å². The number of fused-ring (bicyclic) bond motifs is 1. The zero-order chi connectivity index (χ0) is 16.2. The maximum absolute atomic E-state index is 4.50. The average Bonchev–Trinajstić information content (AvgIpc) is 3.00. The smallest absolute Gasteiger partial charge is 0.0412 e. The lowest BCUT2D eigenvalue weighted by molar-refractivity contribution is 0.821. The molecule has 0 spiro atoms. The maximum Gasteiger partial charge on any atom is 0.0412 e. The van der Waals surface area contributed by atoms with Crippen molar-refractivity contribution in [1.29, 1.82) is 0 Å². The van der Waals surface area contributed by atoms with Gasteiger partial charge in [-0.25, -0.2) is 0 Å². The van der Waals surface area contributed by atoms with Gasteiger partial charge in [0.05, 0.1) is 0 Å². The fourth-order valence-corrected chi connectivity index (χ4v) is 3.59. The molecule has 24 heavy (non-hydrogen) atoms. The predicted molar refractivity (Wildman–Crippen MR) is 99.9 cm³/mol. The van der Waals surface area contributed by atoms with Crippen LogP contribution in [0.3, 0.4) is 0 Å². The van der Waals surface area contributed by atoms with Crippen LogP contribution in [0.1, 0.15) is 34.7 Å². The average molecular weight is 311 g/mol. The van der Waals surface area contributed by atoms with Crippen LogP contribution in [-0.2, 0) is 12.8 Å². The molecular weight excluding hydrogens is 290 g/mol. The molecule has 1 aliphatic carbocycles. The zero-order valence-electron chi connectivity index (χ0n) is 13.7. The van der Waals surface area contributed by atoms with E-state index in [-0.39, 0.29) is 0 Å². The molecule has 0 bridgehead atoms. The number of benzene rings is 2. The van der Waals surface area contributed by atoms with Gasteiger partial charge in [0.2, 0.25) is 0 Å². The molecule has 1 aromatic heterocycles. The Balaban J connectivity index is 1.56. The van der Waals surface area contributed by atoms with Crippen LogP contribution >= 0.6 is 0 Å². The minimum absolute atomic E-state index is 0.446. The van der Waals surface area contributed by atoms with Crippen LogP contribution in [0.4, 0.5) is 0 Å². The fraction of sp³-hybridized carbons (Fsp3) is 0.174. The molecule has 1 aliphatic rings. The third kappa shape index (κ3) is 3.16. The Morgan fingerprint density at radius 1 is 0.750 bits per heavy atom. The Bertz CT molecular complexity index is 834. The number of allylic oxidation sites excluding steroid dienone is 2. The fourth-order valence-electron chi connectivity index (χ4n) is 3.59. The minimum Gasteiger partial charge on any atom is -0.261 e. The Labute approximate surface area is 143 Å². The lowest BCUT2D eigenvalue weighted by Crippen LogP contribution is -1.99. The predicted octanol–water partition coefficient (Wildman–Crippen LogP) is 5.44. The molecule has 0 aliphatic heterocycles. The van der Waals surface area contributed by atoms with E-state index in [1.807, 2.05) is 12.3 Å². The van der Waals surface area contributed by atoms with Crippen LogP contribution in [0.15, 0.2) is 85.1 Å². The molecule has 1 atom stereocenters. The van der Waals surface area contributed by atoms with E-state index >= 15 is 0 Å². The van der Waals surface area contributed by atoms with Gasteiger partial charge in [-0.15, -0.1) is 0 Å². The Hall–Kier alpha value is -2.67. The van der Waals surface area contributed by atoms with Crippen molar-refractivity contribution in [3.8, 4) is 0 Å². The first-order chi connectivity index (χ1) is 11.9. The number of nitrogens with zero attached hydrogens (tertiary/aromatic N) is 1. The maximum atomic E-state index is 4.50. The first-order valence-corrected chi connectivity index (χ1v) is 8.64. The second-order valence-corrected chi connectivity index (χ2v) is 6.40. The van der Waals surface area contributed by atoms with Gasteiger partial charge in [0.25, 0.3) is 0 Å². The third-order valence-corrected chi connectivity index (χ3v) is 4.79. The largest absolute Gasteiger partial charge is 0.261 e. The van der Waals surface area contributed by atoms with Crippen molar-refractivity contribution < 1.29 is 0 Å². The summed E-state index contributed by atoms with van der Waals surface area (Å²) in [6.45, 7) is 0. The number of pyridine rings is 1. The summed E-state index contributed by atoms with van der Waals surface area (Å²) in [7, 11) is 0. The van der Waals surface area contributed by atoms with E-state index in [1.54, 1.807) is 0 Å². The molecule has 4 rings (SSSR count). The van der Waals surface area contributed by atoms with E-state index < -0.39 is 0 Å².